The summed E-state index contributed by atoms with van der Waals surface area (Å²) < 4.78 is 28.2. The number of aromatic nitrogens is 2. The highest BCUT2D eigenvalue weighted by Crippen LogP contribution is 2.34. The van der Waals surface area contributed by atoms with Gasteiger partial charge in [-0.05, 0) is 60.5 Å². The lowest BCUT2D eigenvalue weighted by molar-refractivity contribution is -0.00830. The second-order valence-electron chi connectivity index (χ2n) is 6.60. The van der Waals surface area contributed by atoms with E-state index in [-0.39, 0.29) is 17.9 Å². The molecule has 4 nitrogen and oxygen atoms in total. The van der Waals surface area contributed by atoms with Crippen LogP contribution in [-0.4, -0.2) is 15.9 Å². The summed E-state index contributed by atoms with van der Waals surface area (Å²) in [5.74, 6) is -2.69. The summed E-state index contributed by atoms with van der Waals surface area (Å²) in [7, 11) is 0. The topological polar surface area (TPSA) is 54.9 Å². The molecule has 2 aromatic heterocycles. The van der Waals surface area contributed by atoms with Crippen molar-refractivity contribution in [2.45, 2.75) is 37.0 Å². The Hall–Kier alpha value is -2.80. The summed E-state index contributed by atoms with van der Waals surface area (Å²) in [5, 5.41) is 3.32. The molecular weight excluding hydrogens is 392 g/mol. The van der Waals surface area contributed by atoms with Gasteiger partial charge in [-0.3, -0.25) is 9.78 Å². The normalized spacial score (nSPS) is 11.3. The minimum atomic E-state index is -2.94. The first kappa shape index (κ1) is 20.9. The van der Waals surface area contributed by atoms with Crippen molar-refractivity contribution in [3.8, 4) is 0 Å². The Bertz CT molecular complexity index is 996. The first-order valence-electron chi connectivity index (χ1n) is 9.17. The smallest absolute Gasteiger partial charge is 0.273 e. The van der Waals surface area contributed by atoms with Crippen LogP contribution in [0.1, 0.15) is 40.4 Å². The number of nitrogens with one attached hydrogen (secondary N) is 1. The zero-order chi connectivity index (χ0) is 20.9. The third kappa shape index (κ3) is 5.38. The number of benzene rings is 1. The fraction of sp³-hybridized carbons (Fsp3) is 0.227. The van der Waals surface area contributed by atoms with Gasteiger partial charge in [-0.15, -0.1) is 11.8 Å². The Labute approximate surface area is 172 Å². The quantitative estimate of drug-likeness (QED) is 0.495. The number of anilines is 1. The van der Waals surface area contributed by atoms with Crippen molar-refractivity contribution in [1.29, 1.82) is 0 Å². The van der Waals surface area contributed by atoms with Crippen molar-refractivity contribution >= 4 is 23.4 Å². The number of aryl methyl sites for hydroxylation is 1. The fourth-order valence-corrected chi connectivity index (χ4v) is 3.73. The Morgan fingerprint density at radius 3 is 2.62 bits per heavy atom. The van der Waals surface area contributed by atoms with E-state index in [1.165, 1.54) is 30.8 Å². The molecule has 3 aromatic rings. The van der Waals surface area contributed by atoms with Crippen LogP contribution in [0.5, 0.6) is 0 Å². The third-order valence-corrected chi connectivity index (χ3v) is 5.42. The van der Waals surface area contributed by atoms with Crippen molar-refractivity contribution in [3.63, 3.8) is 0 Å². The predicted octanol–water partition coefficient (Wildman–Crippen LogP) is 5.83. The van der Waals surface area contributed by atoms with Crippen molar-refractivity contribution in [2.75, 3.05) is 5.32 Å². The van der Waals surface area contributed by atoms with E-state index < -0.39 is 5.92 Å². The molecule has 1 N–H and O–H groups in total. The molecule has 0 saturated carbocycles. The number of pyridine rings is 2. The minimum absolute atomic E-state index is 0.103. The zero-order valence-electron chi connectivity index (χ0n) is 16.2. The van der Waals surface area contributed by atoms with E-state index in [0.29, 0.717) is 27.6 Å². The number of alkyl halides is 2. The minimum Gasteiger partial charge on any atom is -0.322 e. The lowest BCUT2D eigenvalue weighted by atomic mass is 10.0. The average molecular weight is 413 g/mol. The van der Waals surface area contributed by atoms with Crippen LogP contribution in [0, 0.1) is 6.92 Å². The van der Waals surface area contributed by atoms with E-state index in [2.05, 4.69) is 15.3 Å². The van der Waals surface area contributed by atoms with Crippen LogP contribution < -0.4 is 5.32 Å². The van der Waals surface area contributed by atoms with Crippen LogP contribution >= 0.6 is 11.8 Å². The standard InChI is InChI=1S/C22H21F2N3OS/c1-3-22(23,24)17-11-15(2)12-18(13-17)27-20(28)19-5-4-8-26-21(19)29-14-16-6-9-25-10-7-16/h4-13H,3,14H2,1-2H3,(H,27,28). The van der Waals surface area contributed by atoms with E-state index in [9.17, 15) is 13.6 Å². The molecule has 0 bridgehead atoms. The molecule has 150 valence electrons. The number of carbonyl (C=O) groups excluding carboxylic acids is 1. The summed E-state index contributed by atoms with van der Waals surface area (Å²) in [6.07, 6.45) is 4.74. The molecule has 0 aliphatic heterocycles. The molecule has 1 amide bonds. The number of hydrogen-bond donors (Lipinski definition) is 1. The van der Waals surface area contributed by atoms with E-state index in [1.54, 1.807) is 43.7 Å². The van der Waals surface area contributed by atoms with Crippen LogP contribution in [0.4, 0.5) is 14.5 Å². The molecular formula is C22H21F2N3OS. The van der Waals surface area contributed by atoms with Crippen LogP contribution in [-0.2, 0) is 11.7 Å². The number of carbonyl (C=O) groups is 1. The lowest BCUT2D eigenvalue weighted by Gasteiger charge is -2.17. The average Bonchev–Trinajstić information content (AvgIpc) is 2.72. The number of halogens is 2. The Kier molecular flexibility index (Phi) is 6.59. The Morgan fingerprint density at radius 1 is 1.14 bits per heavy atom. The molecule has 0 fully saturated rings. The molecule has 0 saturated heterocycles. The summed E-state index contributed by atoms with van der Waals surface area (Å²) >= 11 is 1.43. The number of amides is 1. The second-order valence-corrected chi connectivity index (χ2v) is 7.56. The molecule has 0 aliphatic rings. The molecule has 0 atom stereocenters. The van der Waals surface area contributed by atoms with Crippen molar-refractivity contribution in [3.05, 3.63) is 83.3 Å². The van der Waals surface area contributed by atoms with Gasteiger partial charge in [-0.2, -0.15) is 0 Å². The molecule has 0 spiro atoms. The zero-order valence-corrected chi connectivity index (χ0v) is 17.0. The number of rotatable bonds is 7. The summed E-state index contributed by atoms with van der Waals surface area (Å²) in [6.45, 7) is 3.16. The molecule has 2 heterocycles. The van der Waals surface area contributed by atoms with Crippen molar-refractivity contribution in [2.24, 2.45) is 0 Å². The van der Waals surface area contributed by atoms with Gasteiger partial charge < -0.3 is 5.32 Å². The molecule has 7 heteroatoms. The summed E-state index contributed by atoms with van der Waals surface area (Å²) in [4.78, 5) is 21.1. The van der Waals surface area contributed by atoms with Crippen molar-refractivity contribution < 1.29 is 13.6 Å². The summed E-state index contributed by atoms with van der Waals surface area (Å²) in [5.41, 5.74) is 2.36. The van der Waals surface area contributed by atoms with E-state index in [1.807, 2.05) is 12.1 Å². The Morgan fingerprint density at radius 2 is 1.90 bits per heavy atom. The highest BCUT2D eigenvalue weighted by molar-refractivity contribution is 7.98. The first-order chi connectivity index (χ1) is 13.9. The van der Waals surface area contributed by atoms with Gasteiger partial charge in [-0.25, -0.2) is 13.8 Å². The number of thioether (sulfide) groups is 1. The molecule has 29 heavy (non-hydrogen) atoms. The largest absolute Gasteiger partial charge is 0.322 e. The SMILES string of the molecule is CCC(F)(F)c1cc(C)cc(NC(=O)c2cccnc2SCc2ccncc2)c1. The van der Waals surface area contributed by atoms with Crippen LogP contribution in [0.25, 0.3) is 0 Å². The number of nitrogens with zero attached hydrogens (tertiary/aromatic N) is 2. The van der Waals surface area contributed by atoms with E-state index >= 15 is 0 Å². The molecule has 0 aliphatic carbocycles. The Balaban J connectivity index is 1.80. The van der Waals surface area contributed by atoms with E-state index in [4.69, 9.17) is 0 Å². The maximum Gasteiger partial charge on any atom is 0.273 e. The highest BCUT2D eigenvalue weighted by Gasteiger charge is 2.29. The van der Waals surface area contributed by atoms with Gasteiger partial charge in [0.1, 0.15) is 5.03 Å². The lowest BCUT2D eigenvalue weighted by Crippen LogP contribution is -2.16. The van der Waals surface area contributed by atoms with E-state index in [0.717, 1.165) is 5.56 Å². The van der Waals surface area contributed by atoms with Gasteiger partial charge in [0.05, 0.1) is 5.56 Å². The maximum atomic E-state index is 14.1. The van der Waals surface area contributed by atoms with Gasteiger partial charge in [0.25, 0.3) is 11.8 Å². The first-order valence-corrected chi connectivity index (χ1v) is 10.2. The van der Waals surface area contributed by atoms with Gasteiger partial charge in [0, 0.05) is 42.0 Å². The van der Waals surface area contributed by atoms with Gasteiger partial charge in [0.15, 0.2) is 0 Å². The highest BCUT2D eigenvalue weighted by atomic mass is 32.2. The van der Waals surface area contributed by atoms with Crippen LogP contribution in [0.3, 0.4) is 0 Å². The predicted molar refractivity (Wildman–Crippen MR) is 111 cm³/mol. The van der Waals surface area contributed by atoms with Crippen LogP contribution in [0.15, 0.2) is 66.1 Å². The van der Waals surface area contributed by atoms with Gasteiger partial charge in [0.2, 0.25) is 0 Å². The fourth-order valence-electron chi connectivity index (χ4n) is 2.78. The summed E-state index contributed by atoms with van der Waals surface area (Å²) in [6, 6.07) is 11.6. The van der Waals surface area contributed by atoms with Crippen molar-refractivity contribution in [1.82, 2.24) is 9.97 Å². The molecule has 1 aromatic carbocycles. The van der Waals surface area contributed by atoms with Gasteiger partial charge >= 0.3 is 0 Å². The third-order valence-electron chi connectivity index (χ3n) is 4.34. The molecule has 0 unspecified atom stereocenters. The van der Waals surface area contributed by atoms with Gasteiger partial charge in [-0.1, -0.05) is 6.92 Å². The van der Waals surface area contributed by atoms with Crippen LogP contribution in [0.2, 0.25) is 0 Å². The number of hydrogen-bond acceptors (Lipinski definition) is 4. The maximum absolute atomic E-state index is 14.1. The monoisotopic (exact) mass is 413 g/mol. The molecule has 0 radical (unpaired) electrons. The second kappa shape index (κ2) is 9.13. The molecule has 3 rings (SSSR count).